The van der Waals surface area contributed by atoms with E-state index >= 15 is 0 Å². The molecule has 1 aliphatic heterocycles. The van der Waals surface area contributed by atoms with E-state index in [1.165, 1.54) is 12.1 Å². The van der Waals surface area contributed by atoms with Crippen LogP contribution in [0.3, 0.4) is 0 Å². The fourth-order valence-corrected chi connectivity index (χ4v) is 3.31. The zero-order valence-electron chi connectivity index (χ0n) is 18.1. The lowest BCUT2D eigenvalue weighted by atomic mass is 10.1. The van der Waals surface area contributed by atoms with Gasteiger partial charge in [-0.05, 0) is 24.1 Å². The first-order chi connectivity index (χ1) is 14.7. The van der Waals surface area contributed by atoms with E-state index in [-0.39, 0.29) is 29.8 Å². The van der Waals surface area contributed by atoms with Crippen molar-refractivity contribution in [2.24, 2.45) is 4.99 Å². The maximum atomic E-state index is 13.1. The van der Waals surface area contributed by atoms with Gasteiger partial charge in [0.25, 0.3) is 0 Å². The molecule has 8 nitrogen and oxygen atoms in total. The quantitative estimate of drug-likeness (QED) is 0.269. The van der Waals surface area contributed by atoms with Crippen LogP contribution in [0.25, 0.3) is 0 Å². The molecule has 1 fully saturated rings. The normalized spacial score (nSPS) is 14.8. The number of rotatable bonds is 10. The van der Waals surface area contributed by atoms with Gasteiger partial charge in [0, 0.05) is 45.7 Å². The summed E-state index contributed by atoms with van der Waals surface area (Å²) in [6.07, 6.45) is 3.42. The SMILES string of the molecule is CCc1nncn1CCNC(=NCCN1CCOCC1)NCCc1ccc(F)cc1.I. The van der Waals surface area contributed by atoms with E-state index in [0.717, 1.165) is 89.2 Å². The molecule has 0 bridgehead atoms. The first-order valence-corrected chi connectivity index (χ1v) is 10.7. The van der Waals surface area contributed by atoms with Gasteiger partial charge in [-0.3, -0.25) is 9.89 Å². The molecule has 0 unspecified atom stereocenters. The molecule has 0 saturated carbocycles. The van der Waals surface area contributed by atoms with E-state index in [9.17, 15) is 4.39 Å². The van der Waals surface area contributed by atoms with Crippen molar-refractivity contribution in [1.82, 2.24) is 30.3 Å². The Kier molecular flexibility index (Phi) is 11.8. The molecule has 10 heteroatoms. The second-order valence-electron chi connectivity index (χ2n) is 7.21. The van der Waals surface area contributed by atoms with E-state index in [0.29, 0.717) is 0 Å². The minimum absolute atomic E-state index is 0. The molecule has 2 heterocycles. The van der Waals surface area contributed by atoms with Crippen LogP contribution in [0.5, 0.6) is 0 Å². The van der Waals surface area contributed by atoms with Crippen molar-refractivity contribution in [1.29, 1.82) is 0 Å². The Morgan fingerprint density at radius 1 is 1.13 bits per heavy atom. The van der Waals surface area contributed by atoms with E-state index in [1.54, 1.807) is 6.33 Å². The topological polar surface area (TPSA) is 79.6 Å². The lowest BCUT2D eigenvalue weighted by Gasteiger charge is -2.25. The summed E-state index contributed by atoms with van der Waals surface area (Å²) < 4.78 is 20.5. The molecule has 31 heavy (non-hydrogen) atoms. The highest BCUT2D eigenvalue weighted by atomic mass is 127. The lowest BCUT2D eigenvalue weighted by molar-refractivity contribution is 0.0394. The number of nitrogens with one attached hydrogen (secondary N) is 2. The Morgan fingerprint density at radius 2 is 1.87 bits per heavy atom. The molecule has 0 amide bonds. The number of hydrogen-bond donors (Lipinski definition) is 2. The van der Waals surface area contributed by atoms with Crippen molar-refractivity contribution in [3.05, 3.63) is 47.8 Å². The predicted molar refractivity (Wildman–Crippen MR) is 130 cm³/mol. The van der Waals surface area contributed by atoms with Crippen molar-refractivity contribution in [2.75, 3.05) is 52.5 Å². The van der Waals surface area contributed by atoms with Crippen LogP contribution in [0.4, 0.5) is 4.39 Å². The van der Waals surface area contributed by atoms with Crippen molar-refractivity contribution < 1.29 is 9.13 Å². The second-order valence-corrected chi connectivity index (χ2v) is 7.21. The van der Waals surface area contributed by atoms with Crippen LogP contribution in [0.2, 0.25) is 0 Å². The van der Waals surface area contributed by atoms with Gasteiger partial charge < -0.3 is 19.9 Å². The number of nitrogens with zero attached hydrogens (tertiary/aromatic N) is 5. The molecule has 2 aromatic rings. The fraction of sp³-hybridized carbons (Fsp3) is 0.571. The van der Waals surface area contributed by atoms with Gasteiger partial charge >= 0.3 is 0 Å². The number of halogens is 2. The van der Waals surface area contributed by atoms with E-state index in [1.807, 2.05) is 12.1 Å². The zero-order valence-corrected chi connectivity index (χ0v) is 20.4. The average Bonchev–Trinajstić information content (AvgIpc) is 3.23. The number of hydrogen-bond acceptors (Lipinski definition) is 5. The monoisotopic (exact) mass is 545 g/mol. The Morgan fingerprint density at radius 3 is 2.61 bits per heavy atom. The summed E-state index contributed by atoms with van der Waals surface area (Å²) in [5.74, 6) is 1.56. The fourth-order valence-electron chi connectivity index (χ4n) is 3.31. The van der Waals surface area contributed by atoms with Crippen LogP contribution in [-0.2, 0) is 24.1 Å². The summed E-state index contributed by atoms with van der Waals surface area (Å²) in [6, 6.07) is 6.63. The number of benzene rings is 1. The molecule has 1 aromatic heterocycles. The van der Waals surface area contributed by atoms with E-state index in [2.05, 4.69) is 37.2 Å². The molecule has 1 aromatic carbocycles. The van der Waals surface area contributed by atoms with Gasteiger partial charge in [0.1, 0.15) is 18.0 Å². The largest absolute Gasteiger partial charge is 0.379 e. The van der Waals surface area contributed by atoms with Crippen molar-refractivity contribution in [3.8, 4) is 0 Å². The van der Waals surface area contributed by atoms with Gasteiger partial charge in [-0.15, -0.1) is 34.2 Å². The van der Waals surface area contributed by atoms with Crippen molar-refractivity contribution in [3.63, 3.8) is 0 Å². The summed E-state index contributed by atoms with van der Waals surface area (Å²) >= 11 is 0. The Labute approximate surface area is 200 Å². The highest BCUT2D eigenvalue weighted by Crippen LogP contribution is 2.03. The summed E-state index contributed by atoms with van der Waals surface area (Å²) in [5.41, 5.74) is 1.09. The maximum absolute atomic E-state index is 13.1. The third-order valence-electron chi connectivity index (χ3n) is 5.07. The van der Waals surface area contributed by atoms with Gasteiger partial charge in [0.2, 0.25) is 0 Å². The minimum Gasteiger partial charge on any atom is -0.379 e. The van der Waals surface area contributed by atoms with Gasteiger partial charge in [0.05, 0.1) is 19.8 Å². The van der Waals surface area contributed by atoms with E-state index < -0.39 is 0 Å². The number of aromatic nitrogens is 3. The third-order valence-corrected chi connectivity index (χ3v) is 5.07. The van der Waals surface area contributed by atoms with Gasteiger partial charge in [-0.25, -0.2) is 4.39 Å². The molecule has 0 aliphatic carbocycles. The third kappa shape index (κ3) is 9.08. The van der Waals surface area contributed by atoms with E-state index in [4.69, 9.17) is 9.73 Å². The summed E-state index contributed by atoms with van der Waals surface area (Å²) in [4.78, 5) is 7.10. The predicted octanol–water partition coefficient (Wildman–Crippen LogP) is 1.71. The van der Waals surface area contributed by atoms with Gasteiger partial charge in [-0.2, -0.15) is 0 Å². The van der Waals surface area contributed by atoms with Crippen LogP contribution in [-0.4, -0.2) is 78.1 Å². The number of ether oxygens (including phenoxy) is 1. The van der Waals surface area contributed by atoms with Crippen LogP contribution in [0, 0.1) is 5.82 Å². The number of aryl methyl sites for hydroxylation is 1. The minimum atomic E-state index is -0.209. The summed E-state index contributed by atoms with van der Waals surface area (Å²) in [7, 11) is 0. The standard InChI is InChI=1S/C21H32FN7O.HI/c1-2-20-27-26-17-29(20)12-10-25-21(24-9-11-28-13-15-30-16-14-28)23-8-7-18-3-5-19(22)6-4-18;/h3-6,17H,2,7-16H2,1H3,(H2,23,24,25);1H. The van der Waals surface area contributed by atoms with Crippen LogP contribution >= 0.6 is 24.0 Å². The zero-order chi connectivity index (χ0) is 21.0. The van der Waals surface area contributed by atoms with Crippen molar-refractivity contribution >= 4 is 29.9 Å². The molecule has 2 N–H and O–H groups in total. The maximum Gasteiger partial charge on any atom is 0.191 e. The number of guanidine groups is 1. The van der Waals surface area contributed by atoms with Crippen molar-refractivity contribution in [2.45, 2.75) is 26.3 Å². The molecule has 0 radical (unpaired) electrons. The second kappa shape index (κ2) is 14.3. The van der Waals surface area contributed by atoms with Crippen LogP contribution in [0.1, 0.15) is 18.3 Å². The average molecular weight is 545 g/mol. The molecule has 1 aliphatic rings. The Hall–Kier alpha value is -1.79. The highest BCUT2D eigenvalue weighted by molar-refractivity contribution is 14.0. The van der Waals surface area contributed by atoms with Crippen LogP contribution in [0.15, 0.2) is 35.6 Å². The molecule has 0 atom stereocenters. The number of aliphatic imine (C=N–C) groups is 1. The van der Waals surface area contributed by atoms with Gasteiger partial charge in [0.15, 0.2) is 5.96 Å². The lowest BCUT2D eigenvalue weighted by Crippen LogP contribution is -2.41. The van der Waals surface area contributed by atoms with Gasteiger partial charge in [-0.1, -0.05) is 19.1 Å². The summed E-state index contributed by atoms with van der Waals surface area (Å²) in [5, 5.41) is 14.9. The number of morpholine rings is 1. The first-order valence-electron chi connectivity index (χ1n) is 10.7. The van der Waals surface area contributed by atoms with Crippen LogP contribution < -0.4 is 10.6 Å². The first kappa shape index (κ1) is 25.5. The molecule has 0 spiro atoms. The molecular weight excluding hydrogens is 512 g/mol. The summed E-state index contributed by atoms with van der Waals surface area (Å²) in [6.45, 7) is 9.45. The Bertz CT molecular complexity index is 778. The molecular formula is C21H33FIN7O. The smallest absolute Gasteiger partial charge is 0.191 e. The molecule has 3 rings (SSSR count). The molecule has 1 saturated heterocycles. The Balaban J connectivity index is 0.00000341. The highest BCUT2D eigenvalue weighted by Gasteiger charge is 2.09. The molecule has 172 valence electrons.